The van der Waals surface area contributed by atoms with Gasteiger partial charge in [-0.3, -0.25) is 25.8 Å². The minimum atomic E-state index is -0.448. The molecule has 160 valence electrons. The molecule has 0 radical (unpaired) electrons. The van der Waals surface area contributed by atoms with Crippen LogP contribution in [0.3, 0.4) is 0 Å². The van der Waals surface area contributed by atoms with Crippen molar-refractivity contribution in [2.24, 2.45) is 0 Å². The van der Waals surface area contributed by atoms with Gasteiger partial charge in [0, 0.05) is 5.39 Å². The number of benzene rings is 3. The third-order valence-corrected chi connectivity index (χ3v) is 4.58. The van der Waals surface area contributed by atoms with E-state index in [9.17, 15) is 9.59 Å². The number of ether oxygens (including phenoxy) is 2. The molecule has 2 amide bonds. The third kappa shape index (κ3) is 6.42. The fourth-order valence-electron chi connectivity index (χ4n) is 2.83. The Morgan fingerprint density at radius 2 is 1.55 bits per heavy atom. The molecule has 7 nitrogen and oxygen atoms in total. The minimum Gasteiger partial charge on any atom is -0.483 e. The van der Waals surface area contributed by atoms with Crippen molar-refractivity contribution in [3.05, 3.63) is 71.8 Å². The van der Waals surface area contributed by atoms with Crippen LogP contribution in [0.2, 0.25) is 0 Å². The van der Waals surface area contributed by atoms with Gasteiger partial charge in [0.1, 0.15) is 11.5 Å². The molecule has 0 saturated heterocycles. The number of amides is 2. The lowest BCUT2D eigenvalue weighted by atomic mass is 10.1. The molecule has 0 unspecified atom stereocenters. The zero-order valence-corrected chi connectivity index (χ0v) is 18.0. The van der Waals surface area contributed by atoms with Gasteiger partial charge in [0.15, 0.2) is 18.3 Å². The maximum absolute atomic E-state index is 12.0. The number of hydrogen-bond donors (Lipinski definition) is 3. The Balaban J connectivity index is 1.40. The van der Waals surface area contributed by atoms with Gasteiger partial charge in [-0.2, -0.15) is 0 Å². The smallest absolute Gasteiger partial charge is 0.276 e. The quantitative estimate of drug-likeness (QED) is 0.406. The van der Waals surface area contributed by atoms with Gasteiger partial charge < -0.3 is 9.47 Å². The Morgan fingerprint density at radius 1 is 0.839 bits per heavy atom. The molecule has 0 aliphatic carbocycles. The second-order valence-corrected chi connectivity index (χ2v) is 7.28. The standard InChI is InChI=1S/C23H23N3O4S/c1-15-10-11-16(2)20(12-15)30-13-21(27)24-23(31)26-25-22(28)14-29-19-9-5-7-17-6-3-4-8-18(17)19/h3-12H,13-14H2,1-2H3,(H,25,28)(H2,24,26,27,31). The van der Waals surface area contributed by atoms with Crippen molar-refractivity contribution in [2.45, 2.75) is 13.8 Å². The minimum absolute atomic E-state index is 0.0481. The Kier molecular flexibility index (Phi) is 7.40. The number of fused-ring (bicyclic) bond motifs is 1. The van der Waals surface area contributed by atoms with Crippen LogP contribution in [-0.2, 0) is 9.59 Å². The van der Waals surface area contributed by atoms with Gasteiger partial charge in [-0.1, -0.05) is 48.5 Å². The summed E-state index contributed by atoms with van der Waals surface area (Å²) in [7, 11) is 0. The molecule has 0 aromatic heterocycles. The van der Waals surface area contributed by atoms with Crippen molar-refractivity contribution in [2.75, 3.05) is 13.2 Å². The van der Waals surface area contributed by atoms with Crippen molar-refractivity contribution in [3.8, 4) is 11.5 Å². The molecule has 0 spiro atoms. The van der Waals surface area contributed by atoms with Gasteiger partial charge in [0.05, 0.1) is 0 Å². The van der Waals surface area contributed by atoms with E-state index in [1.807, 2.05) is 68.4 Å². The number of thiocarbonyl (C=S) groups is 1. The van der Waals surface area contributed by atoms with E-state index in [0.29, 0.717) is 11.5 Å². The molecule has 8 heteroatoms. The maximum Gasteiger partial charge on any atom is 0.276 e. The highest BCUT2D eigenvalue weighted by molar-refractivity contribution is 7.80. The van der Waals surface area contributed by atoms with Crippen LogP contribution in [0, 0.1) is 13.8 Å². The van der Waals surface area contributed by atoms with E-state index < -0.39 is 11.8 Å². The van der Waals surface area contributed by atoms with Gasteiger partial charge in [-0.05, 0) is 54.7 Å². The Labute approximate surface area is 185 Å². The lowest BCUT2D eigenvalue weighted by molar-refractivity contribution is -0.124. The highest BCUT2D eigenvalue weighted by Gasteiger charge is 2.09. The first kappa shape index (κ1) is 22.0. The molecule has 31 heavy (non-hydrogen) atoms. The predicted molar refractivity (Wildman–Crippen MR) is 123 cm³/mol. The van der Waals surface area contributed by atoms with E-state index in [1.165, 1.54) is 0 Å². The summed E-state index contributed by atoms with van der Waals surface area (Å²) in [6.07, 6.45) is 0. The van der Waals surface area contributed by atoms with E-state index in [4.69, 9.17) is 21.7 Å². The highest BCUT2D eigenvalue weighted by atomic mass is 32.1. The van der Waals surface area contributed by atoms with Crippen molar-refractivity contribution in [1.82, 2.24) is 16.2 Å². The molecule has 0 aliphatic heterocycles. The lowest BCUT2D eigenvalue weighted by Crippen LogP contribution is -2.50. The van der Waals surface area contributed by atoms with Gasteiger partial charge in [0.25, 0.3) is 11.8 Å². The van der Waals surface area contributed by atoms with Crippen LogP contribution in [0.5, 0.6) is 11.5 Å². The lowest BCUT2D eigenvalue weighted by Gasteiger charge is -2.13. The first-order valence-electron chi connectivity index (χ1n) is 9.61. The summed E-state index contributed by atoms with van der Waals surface area (Å²) in [6.45, 7) is 3.42. The van der Waals surface area contributed by atoms with Gasteiger partial charge in [-0.25, -0.2) is 0 Å². The van der Waals surface area contributed by atoms with Gasteiger partial charge in [-0.15, -0.1) is 0 Å². The third-order valence-electron chi connectivity index (χ3n) is 4.38. The Bertz CT molecular complexity index is 1110. The molecule has 0 aliphatic rings. The Hall–Kier alpha value is -3.65. The molecule has 0 atom stereocenters. The number of carbonyl (C=O) groups excluding carboxylic acids is 2. The molecule has 3 rings (SSSR count). The second kappa shape index (κ2) is 10.4. The summed E-state index contributed by atoms with van der Waals surface area (Å²) in [5, 5.41) is 4.32. The first-order chi connectivity index (χ1) is 14.9. The van der Waals surface area contributed by atoms with Crippen LogP contribution >= 0.6 is 12.2 Å². The molecule has 3 aromatic rings. The van der Waals surface area contributed by atoms with E-state index >= 15 is 0 Å². The molecular weight excluding hydrogens is 414 g/mol. The van der Waals surface area contributed by atoms with Crippen molar-refractivity contribution in [1.29, 1.82) is 0 Å². The zero-order chi connectivity index (χ0) is 22.2. The average Bonchev–Trinajstić information content (AvgIpc) is 2.76. The predicted octanol–water partition coefficient (Wildman–Crippen LogP) is 2.94. The largest absolute Gasteiger partial charge is 0.483 e. The fourth-order valence-corrected chi connectivity index (χ4v) is 2.99. The number of carbonyl (C=O) groups is 2. The normalized spacial score (nSPS) is 10.3. The summed E-state index contributed by atoms with van der Waals surface area (Å²) in [4.78, 5) is 24.0. The number of hydrazine groups is 1. The molecule has 0 bridgehead atoms. The highest BCUT2D eigenvalue weighted by Crippen LogP contribution is 2.24. The summed E-state index contributed by atoms with van der Waals surface area (Å²) >= 11 is 5.01. The molecule has 3 N–H and O–H groups in total. The summed E-state index contributed by atoms with van der Waals surface area (Å²) in [5.74, 6) is 0.344. The summed E-state index contributed by atoms with van der Waals surface area (Å²) in [6, 6.07) is 19.1. The Morgan fingerprint density at radius 3 is 2.39 bits per heavy atom. The van der Waals surface area contributed by atoms with E-state index in [1.54, 1.807) is 6.07 Å². The first-order valence-corrected chi connectivity index (χ1v) is 10.0. The molecule has 3 aromatic carbocycles. The van der Waals surface area contributed by atoms with E-state index in [-0.39, 0.29) is 18.3 Å². The monoisotopic (exact) mass is 437 g/mol. The average molecular weight is 438 g/mol. The fraction of sp³-hybridized carbons (Fsp3) is 0.174. The van der Waals surface area contributed by atoms with E-state index in [0.717, 1.165) is 21.9 Å². The topological polar surface area (TPSA) is 88.7 Å². The van der Waals surface area contributed by atoms with E-state index in [2.05, 4.69) is 16.2 Å². The van der Waals surface area contributed by atoms with Crippen LogP contribution in [0.1, 0.15) is 11.1 Å². The van der Waals surface area contributed by atoms with Crippen LogP contribution in [0.15, 0.2) is 60.7 Å². The number of hydrogen-bond acceptors (Lipinski definition) is 5. The molecule has 0 heterocycles. The maximum atomic E-state index is 12.0. The van der Waals surface area contributed by atoms with Crippen LogP contribution < -0.4 is 25.6 Å². The SMILES string of the molecule is Cc1ccc(C)c(OCC(=O)NC(=S)NNC(=O)COc2cccc3ccccc23)c1. The molecular formula is C23H23N3O4S. The number of rotatable bonds is 6. The zero-order valence-electron chi connectivity index (χ0n) is 17.2. The van der Waals surface area contributed by atoms with Gasteiger partial charge in [0.2, 0.25) is 0 Å². The van der Waals surface area contributed by atoms with Crippen LogP contribution in [-0.4, -0.2) is 30.1 Å². The number of nitrogens with one attached hydrogen (secondary N) is 3. The van der Waals surface area contributed by atoms with Crippen molar-refractivity contribution < 1.29 is 19.1 Å². The summed E-state index contributed by atoms with van der Waals surface area (Å²) < 4.78 is 11.1. The van der Waals surface area contributed by atoms with Gasteiger partial charge >= 0.3 is 0 Å². The van der Waals surface area contributed by atoms with Crippen molar-refractivity contribution in [3.63, 3.8) is 0 Å². The summed E-state index contributed by atoms with van der Waals surface area (Å²) in [5.41, 5.74) is 6.82. The van der Waals surface area contributed by atoms with Crippen molar-refractivity contribution >= 4 is 39.9 Å². The van der Waals surface area contributed by atoms with Crippen LogP contribution in [0.4, 0.5) is 0 Å². The second-order valence-electron chi connectivity index (χ2n) is 6.87. The van der Waals surface area contributed by atoms with Crippen LogP contribution in [0.25, 0.3) is 10.8 Å². The molecule has 0 saturated carbocycles. The number of aryl methyl sites for hydroxylation is 2. The molecule has 0 fully saturated rings.